The van der Waals surface area contributed by atoms with E-state index in [4.69, 9.17) is 4.74 Å². The molecule has 1 rings (SSSR count). The fourth-order valence-electron chi connectivity index (χ4n) is 2.38. The van der Waals surface area contributed by atoms with Crippen molar-refractivity contribution in [2.75, 3.05) is 0 Å². The van der Waals surface area contributed by atoms with E-state index in [-0.39, 0.29) is 0 Å². The Hall–Kier alpha value is -3.43. The second-order valence-corrected chi connectivity index (χ2v) is 5.44. The third-order valence-electron chi connectivity index (χ3n) is 3.86. The lowest BCUT2D eigenvalue weighted by Crippen LogP contribution is -2.46. The van der Waals surface area contributed by atoms with Gasteiger partial charge in [-0.05, 0) is 13.8 Å². The minimum atomic E-state index is -2.62. The molecule has 0 saturated heterocycles. The summed E-state index contributed by atoms with van der Waals surface area (Å²) in [5.41, 5.74) is -7.11. The number of esters is 1. The summed E-state index contributed by atoms with van der Waals surface area (Å²) in [6, 6.07) is 0. The number of hydrogen-bond acceptors (Lipinski definition) is 6. The third kappa shape index (κ3) is 2.89. The molecule has 10 nitrogen and oxygen atoms in total. The van der Waals surface area contributed by atoms with Gasteiger partial charge in [0.25, 0.3) is 0 Å². The largest absolute Gasteiger partial charge is 0.480 e. The van der Waals surface area contributed by atoms with Crippen molar-refractivity contribution in [3.05, 3.63) is 35.6 Å². The Morgan fingerprint density at radius 1 is 1.00 bits per heavy atom. The highest BCUT2D eigenvalue weighted by molar-refractivity contribution is 6.07. The minimum absolute atomic E-state index is 0.514. The standard InChI is InChI=1S/C15H14O10/c1-4-7(16)25-9-8(11(19)20)14(2,12(21)22)5-6(10(17)18)15(9,3)13(23)24/h4-5H,1H2,2-3H3,(H,17,18)(H,19,20)(H,21,22)(H,23,24). The van der Waals surface area contributed by atoms with Gasteiger partial charge in [0.15, 0.2) is 5.41 Å². The second-order valence-electron chi connectivity index (χ2n) is 5.44. The predicted molar refractivity (Wildman–Crippen MR) is 78.2 cm³/mol. The van der Waals surface area contributed by atoms with Gasteiger partial charge in [0.2, 0.25) is 0 Å². The number of aliphatic carboxylic acids is 4. The third-order valence-corrected chi connectivity index (χ3v) is 3.86. The van der Waals surface area contributed by atoms with Gasteiger partial charge < -0.3 is 25.2 Å². The molecular formula is C15H14O10. The topological polar surface area (TPSA) is 176 Å². The summed E-state index contributed by atoms with van der Waals surface area (Å²) in [6.07, 6.45) is 1.10. The highest BCUT2D eigenvalue weighted by Gasteiger charge is 2.58. The van der Waals surface area contributed by atoms with E-state index < -0.39 is 57.6 Å². The molecule has 0 radical (unpaired) electrons. The molecule has 25 heavy (non-hydrogen) atoms. The fourth-order valence-corrected chi connectivity index (χ4v) is 2.38. The molecule has 1 aliphatic carbocycles. The van der Waals surface area contributed by atoms with Crippen LogP contribution in [0.15, 0.2) is 35.6 Å². The molecule has 0 aromatic rings. The molecule has 0 aromatic carbocycles. The summed E-state index contributed by atoms with van der Waals surface area (Å²) in [6.45, 7) is 4.72. The van der Waals surface area contributed by atoms with Crippen molar-refractivity contribution in [2.24, 2.45) is 10.8 Å². The fraction of sp³-hybridized carbons (Fsp3) is 0.267. The zero-order valence-electron chi connectivity index (χ0n) is 13.1. The van der Waals surface area contributed by atoms with Crippen molar-refractivity contribution in [3.8, 4) is 0 Å². The van der Waals surface area contributed by atoms with Crippen molar-refractivity contribution < 1.29 is 49.1 Å². The lowest BCUT2D eigenvalue weighted by atomic mass is 9.65. The smallest absolute Gasteiger partial charge is 0.336 e. The normalized spacial score (nSPS) is 25.6. The molecule has 0 amide bonds. The number of rotatable bonds is 6. The van der Waals surface area contributed by atoms with Crippen LogP contribution in [0.3, 0.4) is 0 Å². The molecule has 4 N–H and O–H groups in total. The number of carbonyl (C=O) groups excluding carboxylic acids is 1. The molecule has 0 fully saturated rings. The van der Waals surface area contributed by atoms with Crippen LogP contribution in [0.1, 0.15) is 13.8 Å². The SMILES string of the molecule is C=CC(=O)OC1=C(C(=O)O)C(C)(C(=O)O)C=C(C(=O)O)C1(C)C(=O)O. The van der Waals surface area contributed by atoms with Gasteiger partial charge in [-0.25, -0.2) is 14.4 Å². The van der Waals surface area contributed by atoms with E-state index in [9.17, 15) is 44.4 Å². The van der Waals surface area contributed by atoms with Gasteiger partial charge >= 0.3 is 29.8 Å². The molecule has 0 heterocycles. The minimum Gasteiger partial charge on any atom is -0.480 e. The van der Waals surface area contributed by atoms with E-state index in [1.165, 1.54) is 0 Å². The maximum atomic E-state index is 11.7. The molecule has 1 aliphatic rings. The van der Waals surface area contributed by atoms with Gasteiger partial charge in [0, 0.05) is 6.08 Å². The lowest BCUT2D eigenvalue weighted by molar-refractivity contribution is -0.154. The maximum absolute atomic E-state index is 11.7. The van der Waals surface area contributed by atoms with Gasteiger partial charge in [-0.3, -0.25) is 9.59 Å². The summed E-state index contributed by atoms with van der Waals surface area (Å²) in [7, 11) is 0. The van der Waals surface area contributed by atoms with Crippen LogP contribution < -0.4 is 0 Å². The summed E-state index contributed by atoms with van der Waals surface area (Å²) < 4.78 is 4.71. The van der Waals surface area contributed by atoms with Crippen molar-refractivity contribution in [2.45, 2.75) is 13.8 Å². The molecule has 134 valence electrons. The van der Waals surface area contributed by atoms with Crippen LogP contribution in [0, 0.1) is 10.8 Å². The van der Waals surface area contributed by atoms with E-state index in [1.54, 1.807) is 0 Å². The molecule has 2 atom stereocenters. The molecule has 2 unspecified atom stereocenters. The molecule has 0 saturated carbocycles. The highest BCUT2D eigenvalue weighted by Crippen LogP contribution is 2.49. The first-order valence-electron chi connectivity index (χ1n) is 6.60. The number of carboxylic acids is 4. The van der Waals surface area contributed by atoms with Crippen molar-refractivity contribution in [1.29, 1.82) is 0 Å². The van der Waals surface area contributed by atoms with Crippen LogP contribution in [-0.2, 0) is 28.7 Å². The lowest BCUT2D eigenvalue weighted by Gasteiger charge is -2.37. The van der Waals surface area contributed by atoms with Crippen LogP contribution in [0.25, 0.3) is 0 Å². The molecule has 0 aliphatic heterocycles. The van der Waals surface area contributed by atoms with Gasteiger partial charge in [-0.1, -0.05) is 12.7 Å². The molecule has 0 bridgehead atoms. The van der Waals surface area contributed by atoms with Gasteiger partial charge in [-0.2, -0.15) is 0 Å². The first-order valence-corrected chi connectivity index (χ1v) is 6.60. The summed E-state index contributed by atoms with van der Waals surface area (Å²) in [5, 5.41) is 37.6. The Bertz CT molecular complexity index is 771. The Morgan fingerprint density at radius 2 is 1.52 bits per heavy atom. The Balaban J connectivity index is 4.05. The molecule has 10 heteroatoms. The summed E-state index contributed by atoms with van der Waals surface area (Å²) in [5.74, 6) is -9.70. The number of ether oxygens (including phenoxy) is 1. The van der Waals surface area contributed by atoms with E-state index in [0.29, 0.717) is 12.2 Å². The number of carbonyl (C=O) groups is 5. The van der Waals surface area contributed by atoms with Crippen LogP contribution >= 0.6 is 0 Å². The van der Waals surface area contributed by atoms with E-state index in [0.717, 1.165) is 13.8 Å². The zero-order chi connectivity index (χ0) is 19.7. The zero-order valence-corrected chi connectivity index (χ0v) is 13.1. The first-order chi connectivity index (χ1) is 11.3. The number of hydrogen-bond donors (Lipinski definition) is 4. The van der Waals surface area contributed by atoms with Crippen LogP contribution in [0.2, 0.25) is 0 Å². The molecular weight excluding hydrogens is 340 g/mol. The molecule has 0 spiro atoms. The maximum Gasteiger partial charge on any atom is 0.336 e. The summed E-state index contributed by atoms with van der Waals surface area (Å²) in [4.78, 5) is 58.0. The van der Waals surface area contributed by atoms with E-state index >= 15 is 0 Å². The monoisotopic (exact) mass is 354 g/mol. The van der Waals surface area contributed by atoms with Crippen LogP contribution in [0.4, 0.5) is 0 Å². The highest BCUT2D eigenvalue weighted by atomic mass is 16.5. The average Bonchev–Trinajstić information content (AvgIpc) is 2.49. The predicted octanol–water partition coefficient (Wildman–Crippen LogP) is 0.261. The van der Waals surface area contributed by atoms with Gasteiger partial charge in [0.1, 0.15) is 11.2 Å². The van der Waals surface area contributed by atoms with Crippen molar-refractivity contribution >= 4 is 29.8 Å². The van der Waals surface area contributed by atoms with Gasteiger partial charge in [-0.15, -0.1) is 0 Å². The average molecular weight is 354 g/mol. The first kappa shape index (κ1) is 19.6. The Morgan fingerprint density at radius 3 is 1.84 bits per heavy atom. The second kappa shape index (κ2) is 6.23. The van der Waals surface area contributed by atoms with Gasteiger partial charge in [0.05, 0.1) is 11.1 Å². The summed E-state index contributed by atoms with van der Waals surface area (Å²) >= 11 is 0. The van der Waals surface area contributed by atoms with Crippen molar-refractivity contribution in [1.82, 2.24) is 0 Å². The quantitative estimate of drug-likeness (QED) is 0.382. The Labute approximate surface area is 140 Å². The molecule has 0 aromatic heterocycles. The Kier molecular flexibility index (Phi) is 4.89. The van der Waals surface area contributed by atoms with E-state index in [2.05, 4.69) is 6.58 Å². The van der Waals surface area contributed by atoms with Crippen LogP contribution in [-0.4, -0.2) is 50.3 Å². The van der Waals surface area contributed by atoms with E-state index in [1.807, 2.05) is 0 Å². The van der Waals surface area contributed by atoms with Crippen molar-refractivity contribution in [3.63, 3.8) is 0 Å². The number of carboxylic acid groups (broad SMARTS) is 4. The van der Waals surface area contributed by atoms with Crippen LogP contribution in [0.5, 0.6) is 0 Å².